The van der Waals surface area contributed by atoms with Crippen molar-refractivity contribution in [3.05, 3.63) is 47.8 Å². The van der Waals surface area contributed by atoms with Crippen LogP contribution in [-0.4, -0.2) is 52.0 Å². The summed E-state index contributed by atoms with van der Waals surface area (Å²) in [6.07, 6.45) is 4.19. The monoisotopic (exact) mass is 368 g/mol. The second-order valence-corrected chi connectivity index (χ2v) is 7.71. The van der Waals surface area contributed by atoms with Gasteiger partial charge in [0, 0.05) is 31.9 Å². The van der Waals surface area contributed by atoms with Crippen LogP contribution in [0.2, 0.25) is 0 Å². The number of carbonyl (C=O) groups excluding carboxylic acids is 1. The highest BCUT2D eigenvalue weighted by Gasteiger charge is 2.43. The van der Waals surface area contributed by atoms with Gasteiger partial charge in [-0.25, -0.2) is 0 Å². The first kappa shape index (κ1) is 18.1. The summed E-state index contributed by atoms with van der Waals surface area (Å²) in [6.45, 7) is 4.13. The maximum atomic E-state index is 12.7. The summed E-state index contributed by atoms with van der Waals surface area (Å²) >= 11 is 0. The number of benzene rings is 1. The zero-order chi connectivity index (χ0) is 18.6. The van der Waals surface area contributed by atoms with Crippen LogP contribution in [0, 0.1) is 11.8 Å². The molecule has 2 aromatic rings. The van der Waals surface area contributed by atoms with E-state index < -0.39 is 0 Å². The minimum Gasteiger partial charge on any atom is -0.352 e. The Kier molecular flexibility index (Phi) is 5.50. The lowest BCUT2D eigenvalue weighted by Crippen LogP contribution is -2.58. The van der Waals surface area contributed by atoms with Crippen LogP contribution in [0.3, 0.4) is 0 Å². The van der Waals surface area contributed by atoms with Crippen LogP contribution in [0.25, 0.3) is 0 Å². The fourth-order valence-electron chi connectivity index (χ4n) is 4.45. The van der Waals surface area contributed by atoms with Crippen molar-refractivity contribution in [3.8, 4) is 0 Å². The van der Waals surface area contributed by atoms with E-state index in [9.17, 15) is 4.79 Å². The zero-order valence-electron chi connectivity index (χ0n) is 15.8. The number of nitrogens with zero attached hydrogens (tertiary/aromatic N) is 4. The van der Waals surface area contributed by atoms with Crippen molar-refractivity contribution >= 4 is 5.91 Å². The number of hydrogen-bond acceptors (Lipinski definition) is 5. The van der Waals surface area contributed by atoms with Crippen LogP contribution in [-0.2, 0) is 24.4 Å². The normalized spacial score (nSPS) is 26.9. The number of nitrogens with one attached hydrogen (secondary N) is 2. The van der Waals surface area contributed by atoms with E-state index in [2.05, 4.69) is 25.8 Å². The largest absolute Gasteiger partial charge is 0.352 e. The standard InChI is InChI=1S/C20H28N6O/c1-21-11-17-12-26(24-23-17)13-18-9-16-7-8-25(18)14-19(16)20(27)22-10-15-5-3-2-4-6-15/h2-6,12,16,18-19,21H,7-11,13-14H2,1H3,(H,22,27)/t16-,18+,19-/m0/s1. The van der Waals surface area contributed by atoms with Crippen molar-refractivity contribution in [2.75, 3.05) is 20.1 Å². The Bertz CT molecular complexity index is 761. The molecule has 1 aromatic carbocycles. The second kappa shape index (κ2) is 8.19. The molecule has 7 heteroatoms. The van der Waals surface area contributed by atoms with Gasteiger partial charge >= 0.3 is 0 Å². The summed E-state index contributed by atoms with van der Waals surface area (Å²) in [5.74, 6) is 0.773. The van der Waals surface area contributed by atoms with Gasteiger partial charge in [-0.05, 0) is 37.9 Å². The molecule has 4 heterocycles. The third-order valence-corrected chi connectivity index (χ3v) is 5.87. The summed E-state index contributed by atoms with van der Waals surface area (Å²) in [6, 6.07) is 10.6. The molecule has 3 fully saturated rings. The van der Waals surface area contributed by atoms with E-state index >= 15 is 0 Å². The summed E-state index contributed by atoms with van der Waals surface area (Å²) in [5, 5.41) is 14.7. The molecule has 0 radical (unpaired) electrons. The van der Waals surface area contributed by atoms with Crippen molar-refractivity contribution in [2.24, 2.45) is 11.8 Å². The van der Waals surface area contributed by atoms with E-state index in [0.717, 1.165) is 50.3 Å². The van der Waals surface area contributed by atoms with Crippen molar-refractivity contribution < 1.29 is 4.79 Å². The molecule has 7 nitrogen and oxygen atoms in total. The highest BCUT2D eigenvalue weighted by atomic mass is 16.1. The molecule has 0 aliphatic carbocycles. The number of rotatable bonds is 7. The number of carbonyl (C=O) groups is 1. The van der Waals surface area contributed by atoms with Gasteiger partial charge in [-0.3, -0.25) is 14.4 Å². The fourth-order valence-corrected chi connectivity index (χ4v) is 4.45. The number of fused-ring (bicyclic) bond motifs is 3. The van der Waals surface area contributed by atoms with Crippen molar-refractivity contribution in [3.63, 3.8) is 0 Å². The molecule has 1 aromatic heterocycles. The van der Waals surface area contributed by atoms with Crippen LogP contribution < -0.4 is 10.6 Å². The van der Waals surface area contributed by atoms with Crippen LogP contribution in [0.15, 0.2) is 36.5 Å². The molecule has 3 saturated heterocycles. The lowest BCUT2D eigenvalue weighted by atomic mass is 9.75. The van der Waals surface area contributed by atoms with Gasteiger partial charge in [-0.1, -0.05) is 35.5 Å². The second-order valence-electron chi connectivity index (χ2n) is 7.71. The maximum Gasteiger partial charge on any atom is 0.224 e. The average Bonchev–Trinajstić information content (AvgIpc) is 3.14. The highest BCUT2D eigenvalue weighted by molar-refractivity contribution is 5.79. The highest BCUT2D eigenvalue weighted by Crippen LogP contribution is 2.36. The molecule has 4 atom stereocenters. The molecule has 5 rings (SSSR count). The smallest absolute Gasteiger partial charge is 0.224 e. The van der Waals surface area contributed by atoms with Crippen LogP contribution in [0.5, 0.6) is 0 Å². The van der Waals surface area contributed by atoms with E-state index in [-0.39, 0.29) is 11.8 Å². The minimum atomic E-state index is 0.106. The average molecular weight is 368 g/mol. The van der Waals surface area contributed by atoms with Crippen LogP contribution in [0.4, 0.5) is 0 Å². The quantitative estimate of drug-likeness (QED) is 0.763. The molecule has 27 heavy (non-hydrogen) atoms. The zero-order valence-corrected chi connectivity index (χ0v) is 15.8. The molecule has 3 aliphatic rings. The molecule has 0 spiro atoms. The van der Waals surface area contributed by atoms with Crippen LogP contribution >= 0.6 is 0 Å². The fraction of sp³-hybridized carbons (Fsp3) is 0.550. The van der Waals surface area contributed by atoms with E-state index in [1.807, 2.05) is 48.3 Å². The van der Waals surface area contributed by atoms with Gasteiger partial charge in [0.2, 0.25) is 5.91 Å². The van der Waals surface area contributed by atoms with Crippen molar-refractivity contribution in [1.29, 1.82) is 0 Å². The molecule has 144 valence electrons. The molecule has 0 saturated carbocycles. The summed E-state index contributed by atoms with van der Waals surface area (Å²) in [4.78, 5) is 15.2. The lowest BCUT2D eigenvalue weighted by molar-refractivity contribution is -0.133. The van der Waals surface area contributed by atoms with Gasteiger partial charge in [-0.2, -0.15) is 0 Å². The predicted octanol–water partition coefficient (Wildman–Crippen LogP) is 1.02. The molecule has 2 N–H and O–H groups in total. The van der Waals surface area contributed by atoms with E-state index in [1.165, 1.54) is 0 Å². The topological polar surface area (TPSA) is 75.1 Å². The van der Waals surface area contributed by atoms with Gasteiger partial charge in [-0.15, -0.1) is 5.10 Å². The molecule has 2 bridgehead atoms. The number of hydrogen-bond donors (Lipinski definition) is 2. The van der Waals surface area contributed by atoms with Gasteiger partial charge < -0.3 is 10.6 Å². The van der Waals surface area contributed by atoms with E-state index in [1.54, 1.807) is 0 Å². The first-order valence-corrected chi connectivity index (χ1v) is 9.82. The molecular weight excluding hydrogens is 340 g/mol. The minimum absolute atomic E-state index is 0.106. The van der Waals surface area contributed by atoms with Gasteiger partial charge in [0.15, 0.2) is 0 Å². The van der Waals surface area contributed by atoms with Crippen molar-refractivity contribution in [1.82, 2.24) is 30.5 Å². The van der Waals surface area contributed by atoms with Crippen LogP contribution in [0.1, 0.15) is 24.1 Å². The molecule has 1 unspecified atom stereocenters. The molecule has 3 aliphatic heterocycles. The first-order chi connectivity index (χ1) is 13.2. The van der Waals surface area contributed by atoms with Gasteiger partial charge in [0.25, 0.3) is 0 Å². The summed E-state index contributed by atoms with van der Waals surface area (Å²) in [5.41, 5.74) is 2.11. The molecule has 1 amide bonds. The maximum absolute atomic E-state index is 12.7. The van der Waals surface area contributed by atoms with E-state index in [0.29, 0.717) is 18.5 Å². The van der Waals surface area contributed by atoms with Crippen molar-refractivity contribution in [2.45, 2.75) is 38.5 Å². The lowest BCUT2D eigenvalue weighted by Gasteiger charge is -2.49. The predicted molar refractivity (Wildman–Crippen MR) is 103 cm³/mol. The summed E-state index contributed by atoms with van der Waals surface area (Å²) in [7, 11) is 1.91. The Morgan fingerprint density at radius 2 is 2.11 bits per heavy atom. The summed E-state index contributed by atoms with van der Waals surface area (Å²) < 4.78 is 1.95. The van der Waals surface area contributed by atoms with E-state index in [4.69, 9.17) is 0 Å². The first-order valence-electron chi connectivity index (χ1n) is 9.82. The Morgan fingerprint density at radius 1 is 1.26 bits per heavy atom. The third-order valence-electron chi connectivity index (χ3n) is 5.87. The Labute approximate surface area is 160 Å². The number of aromatic nitrogens is 3. The SMILES string of the molecule is CNCc1cn(C[C@H]2C[C@@H]3CCN2C[C@@H]3C(=O)NCc2ccccc2)nn1. The number of amides is 1. The third kappa shape index (κ3) is 4.20. The van der Waals surface area contributed by atoms with Gasteiger partial charge in [0.05, 0.1) is 18.2 Å². The Morgan fingerprint density at radius 3 is 2.85 bits per heavy atom. The molecular formula is C20H28N6O. The Balaban J connectivity index is 1.32. The van der Waals surface area contributed by atoms with Gasteiger partial charge in [0.1, 0.15) is 0 Å². The Hall–Kier alpha value is -2.25. The number of piperidine rings is 3.